The monoisotopic (exact) mass is 432 g/mol. The van der Waals surface area contributed by atoms with Crippen LogP contribution < -0.4 is 0 Å². The minimum Gasteiger partial charge on any atom is -0.478 e. The Morgan fingerprint density at radius 3 is 2.55 bits per heavy atom. The molecule has 0 aliphatic carbocycles. The van der Waals surface area contributed by atoms with E-state index in [0.717, 1.165) is 44.3 Å². The highest BCUT2D eigenvalue weighted by molar-refractivity contribution is 6.08. The molecule has 1 aromatic heterocycles. The van der Waals surface area contributed by atoms with Crippen molar-refractivity contribution < 1.29 is 14.7 Å². The quantitative estimate of drug-likeness (QED) is 0.360. The predicted molar refractivity (Wildman–Crippen MR) is 129 cm³/mol. The van der Waals surface area contributed by atoms with Gasteiger partial charge in [-0.15, -0.1) is 0 Å². The van der Waals surface area contributed by atoms with Crippen LogP contribution in [0.25, 0.3) is 27.4 Å². The van der Waals surface area contributed by atoms with E-state index in [1.54, 1.807) is 18.2 Å². The van der Waals surface area contributed by atoms with Gasteiger partial charge in [0, 0.05) is 17.5 Å². The number of aromatic nitrogens is 1. The first-order chi connectivity index (χ1) is 16.2. The predicted octanol–water partition coefficient (Wildman–Crippen LogP) is 6.35. The molecule has 160 valence electrons. The first kappa shape index (κ1) is 19.3. The van der Waals surface area contributed by atoms with Gasteiger partial charge in [-0.2, -0.15) is 0 Å². The van der Waals surface area contributed by atoms with E-state index in [4.69, 9.17) is 4.84 Å². The molecule has 1 unspecified atom stereocenters. The molecule has 0 spiro atoms. The minimum atomic E-state index is -0.952. The van der Waals surface area contributed by atoms with Crippen LogP contribution in [0, 0.1) is 0 Å². The molecule has 0 radical (unpaired) electrons. The van der Waals surface area contributed by atoms with Crippen molar-refractivity contribution in [2.75, 3.05) is 0 Å². The Balaban J connectivity index is 1.54. The SMILES string of the molecule is O=C(O)c1cccc(-n2c(C3CC(c4ccccc4)=NO3)cc3c4ccccc4ccc32)c1. The lowest BCUT2D eigenvalue weighted by molar-refractivity contribution is 0.0697. The van der Waals surface area contributed by atoms with E-state index in [0.29, 0.717) is 6.42 Å². The number of benzene rings is 4. The second-order valence-electron chi connectivity index (χ2n) is 8.18. The molecule has 1 N–H and O–H groups in total. The molecule has 2 heterocycles. The second kappa shape index (κ2) is 7.64. The number of hydrogen-bond donors (Lipinski definition) is 1. The molecule has 5 nitrogen and oxygen atoms in total. The van der Waals surface area contributed by atoms with Gasteiger partial charge in [0.05, 0.1) is 22.5 Å². The number of hydrogen-bond acceptors (Lipinski definition) is 3. The van der Waals surface area contributed by atoms with E-state index >= 15 is 0 Å². The number of nitrogens with zero attached hydrogens (tertiary/aromatic N) is 2. The van der Waals surface area contributed by atoms with Gasteiger partial charge >= 0.3 is 5.97 Å². The Morgan fingerprint density at radius 1 is 0.879 bits per heavy atom. The van der Waals surface area contributed by atoms with E-state index in [9.17, 15) is 9.90 Å². The smallest absolute Gasteiger partial charge is 0.335 e. The zero-order valence-electron chi connectivity index (χ0n) is 17.7. The molecule has 5 heteroatoms. The summed E-state index contributed by atoms with van der Waals surface area (Å²) in [7, 11) is 0. The summed E-state index contributed by atoms with van der Waals surface area (Å²) in [6, 6.07) is 31.7. The van der Waals surface area contributed by atoms with Crippen LogP contribution in [0.2, 0.25) is 0 Å². The number of aromatic carboxylic acids is 1. The van der Waals surface area contributed by atoms with Crippen molar-refractivity contribution >= 4 is 33.4 Å². The van der Waals surface area contributed by atoms with Crippen LogP contribution in [0.3, 0.4) is 0 Å². The van der Waals surface area contributed by atoms with Crippen LogP contribution in [-0.4, -0.2) is 21.4 Å². The van der Waals surface area contributed by atoms with Crippen molar-refractivity contribution in [3.8, 4) is 5.69 Å². The molecule has 33 heavy (non-hydrogen) atoms. The van der Waals surface area contributed by atoms with Crippen LogP contribution in [0.15, 0.2) is 102 Å². The van der Waals surface area contributed by atoms with Crippen LogP contribution in [0.5, 0.6) is 0 Å². The van der Waals surface area contributed by atoms with Gasteiger partial charge in [-0.3, -0.25) is 0 Å². The van der Waals surface area contributed by atoms with Crippen molar-refractivity contribution in [3.63, 3.8) is 0 Å². The molecular formula is C28H20N2O3. The zero-order valence-corrected chi connectivity index (χ0v) is 17.7. The van der Waals surface area contributed by atoms with Gasteiger partial charge in [-0.1, -0.05) is 71.9 Å². The van der Waals surface area contributed by atoms with Crippen LogP contribution in [0.1, 0.15) is 34.1 Å². The van der Waals surface area contributed by atoms with E-state index in [-0.39, 0.29) is 11.7 Å². The van der Waals surface area contributed by atoms with Crippen LogP contribution in [-0.2, 0) is 4.84 Å². The molecule has 5 aromatic rings. The Bertz CT molecular complexity index is 1550. The maximum absolute atomic E-state index is 11.6. The number of carboxylic acids is 1. The molecule has 0 fully saturated rings. The first-order valence-electron chi connectivity index (χ1n) is 10.8. The lowest BCUT2D eigenvalue weighted by atomic mass is 10.0. The molecule has 0 saturated carbocycles. The number of rotatable bonds is 4. The van der Waals surface area contributed by atoms with Crippen molar-refractivity contribution in [1.29, 1.82) is 0 Å². The standard InChI is InChI=1S/C28H20N2O3/c31-28(32)20-10-6-11-21(15-20)30-25-14-13-18-7-4-5-12-22(18)23(25)16-26(30)27-17-24(29-33-27)19-8-2-1-3-9-19/h1-16,27H,17H2,(H,31,32). The maximum Gasteiger partial charge on any atom is 0.335 e. The van der Waals surface area contributed by atoms with Gasteiger partial charge < -0.3 is 14.5 Å². The molecule has 0 amide bonds. The van der Waals surface area contributed by atoms with Crippen molar-refractivity contribution in [1.82, 2.24) is 4.57 Å². The Labute approximate surface area is 190 Å². The maximum atomic E-state index is 11.6. The van der Waals surface area contributed by atoms with E-state index in [1.807, 2.05) is 48.5 Å². The molecule has 1 aliphatic rings. The molecule has 6 rings (SSSR count). The summed E-state index contributed by atoms with van der Waals surface area (Å²) in [5.74, 6) is -0.952. The van der Waals surface area contributed by atoms with Gasteiger partial charge in [0.15, 0.2) is 6.10 Å². The van der Waals surface area contributed by atoms with E-state index in [1.165, 1.54) is 0 Å². The Kier molecular flexibility index (Phi) is 4.47. The summed E-state index contributed by atoms with van der Waals surface area (Å²) in [6.45, 7) is 0. The van der Waals surface area contributed by atoms with Crippen molar-refractivity contribution in [3.05, 3.63) is 114 Å². The molecule has 1 atom stereocenters. The largest absolute Gasteiger partial charge is 0.478 e. The normalized spacial score (nSPS) is 15.5. The van der Waals surface area contributed by atoms with E-state index < -0.39 is 5.97 Å². The van der Waals surface area contributed by atoms with Gasteiger partial charge in [0.25, 0.3) is 0 Å². The van der Waals surface area contributed by atoms with Gasteiger partial charge in [-0.25, -0.2) is 4.79 Å². The molecular weight excluding hydrogens is 412 g/mol. The van der Waals surface area contributed by atoms with Crippen molar-refractivity contribution in [2.45, 2.75) is 12.5 Å². The van der Waals surface area contributed by atoms with Gasteiger partial charge in [0.1, 0.15) is 0 Å². The van der Waals surface area contributed by atoms with E-state index in [2.05, 4.69) is 40.1 Å². The highest BCUT2D eigenvalue weighted by Crippen LogP contribution is 2.38. The Hall–Kier alpha value is -4.38. The summed E-state index contributed by atoms with van der Waals surface area (Å²) in [6.07, 6.45) is 0.358. The second-order valence-corrected chi connectivity index (χ2v) is 8.18. The van der Waals surface area contributed by atoms with Crippen LogP contribution in [0.4, 0.5) is 0 Å². The average Bonchev–Trinajstić information content (AvgIpc) is 3.50. The number of carbonyl (C=O) groups is 1. The molecule has 4 aromatic carbocycles. The average molecular weight is 432 g/mol. The summed E-state index contributed by atoms with van der Waals surface area (Å²) < 4.78 is 2.10. The number of oxime groups is 1. The first-order valence-corrected chi connectivity index (χ1v) is 10.8. The summed E-state index contributed by atoms with van der Waals surface area (Å²) in [4.78, 5) is 17.6. The third-order valence-electron chi connectivity index (χ3n) is 6.20. The molecule has 0 saturated heterocycles. The lowest BCUT2D eigenvalue weighted by Gasteiger charge is -2.15. The summed E-state index contributed by atoms with van der Waals surface area (Å²) >= 11 is 0. The summed E-state index contributed by atoms with van der Waals surface area (Å²) in [5.41, 5.74) is 4.92. The fraction of sp³-hybridized carbons (Fsp3) is 0.0714. The fourth-order valence-electron chi connectivity index (χ4n) is 4.62. The Morgan fingerprint density at radius 2 is 1.70 bits per heavy atom. The number of carboxylic acid groups (broad SMARTS) is 1. The number of fused-ring (bicyclic) bond motifs is 3. The van der Waals surface area contributed by atoms with Crippen LogP contribution >= 0.6 is 0 Å². The minimum absolute atomic E-state index is 0.245. The summed E-state index contributed by atoms with van der Waals surface area (Å²) in [5, 5.41) is 17.3. The molecule has 0 bridgehead atoms. The van der Waals surface area contributed by atoms with Gasteiger partial charge in [-0.05, 0) is 46.7 Å². The topological polar surface area (TPSA) is 63.8 Å². The fourth-order valence-corrected chi connectivity index (χ4v) is 4.62. The van der Waals surface area contributed by atoms with Crippen molar-refractivity contribution in [2.24, 2.45) is 5.16 Å². The lowest BCUT2D eigenvalue weighted by Crippen LogP contribution is -2.08. The highest BCUT2D eigenvalue weighted by Gasteiger charge is 2.28. The highest BCUT2D eigenvalue weighted by atomic mass is 16.6. The molecule has 1 aliphatic heterocycles. The zero-order chi connectivity index (χ0) is 22.4. The third-order valence-corrected chi connectivity index (χ3v) is 6.20. The van der Waals surface area contributed by atoms with Gasteiger partial charge in [0.2, 0.25) is 0 Å². The third kappa shape index (κ3) is 3.26.